The highest BCUT2D eigenvalue weighted by Crippen LogP contribution is 2.30. The maximum absolute atomic E-state index is 12.2. The van der Waals surface area contributed by atoms with Crippen LogP contribution in [0.3, 0.4) is 0 Å². The average molecular weight is 276 g/mol. The zero-order chi connectivity index (χ0) is 13.8. The number of nitrogens with one attached hydrogen (secondary N) is 2. The average Bonchev–Trinajstić information content (AvgIpc) is 2.31. The highest BCUT2D eigenvalue weighted by Gasteiger charge is 2.31. The first-order chi connectivity index (χ1) is 8.38. The summed E-state index contributed by atoms with van der Waals surface area (Å²) in [5.41, 5.74) is 0. The maximum Gasteiger partial charge on any atom is 0.215 e. The van der Waals surface area contributed by atoms with Gasteiger partial charge in [-0.25, -0.2) is 13.1 Å². The normalized spacial score (nSPS) is 31.2. The minimum Gasteiger partial charge on any atom is -0.316 e. The van der Waals surface area contributed by atoms with Gasteiger partial charge < -0.3 is 5.32 Å². The third kappa shape index (κ3) is 4.21. The highest BCUT2D eigenvalue weighted by molar-refractivity contribution is 7.90. The van der Waals surface area contributed by atoms with Gasteiger partial charge in [0.05, 0.1) is 5.25 Å². The molecule has 4 atom stereocenters. The molecule has 1 aliphatic carbocycles. The van der Waals surface area contributed by atoms with Gasteiger partial charge in [-0.15, -0.1) is 0 Å². The van der Waals surface area contributed by atoms with Crippen molar-refractivity contribution in [2.24, 2.45) is 11.8 Å². The Morgan fingerprint density at radius 3 is 2.56 bits per heavy atom. The van der Waals surface area contributed by atoms with Gasteiger partial charge in [0.15, 0.2) is 0 Å². The quantitative estimate of drug-likeness (QED) is 0.777. The summed E-state index contributed by atoms with van der Waals surface area (Å²) in [6.45, 7) is 9.44. The fourth-order valence-corrected chi connectivity index (χ4v) is 3.86. The fraction of sp³-hybridized carbons (Fsp3) is 1.00. The molecule has 0 aromatic rings. The van der Waals surface area contributed by atoms with E-state index in [0.717, 1.165) is 19.4 Å². The Morgan fingerprint density at radius 2 is 1.94 bits per heavy atom. The van der Waals surface area contributed by atoms with Crippen LogP contribution in [0.25, 0.3) is 0 Å². The van der Waals surface area contributed by atoms with Gasteiger partial charge in [0.25, 0.3) is 0 Å². The smallest absolute Gasteiger partial charge is 0.215 e. The van der Waals surface area contributed by atoms with Crippen LogP contribution >= 0.6 is 0 Å². The van der Waals surface area contributed by atoms with Gasteiger partial charge >= 0.3 is 0 Å². The zero-order valence-corrected chi connectivity index (χ0v) is 12.9. The Hall–Kier alpha value is -0.130. The second-order valence-electron chi connectivity index (χ2n) is 5.65. The molecule has 0 amide bonds. The molecule has 1 saturated carbocycles. The zero-order valence-electron chi connectivity index (χ0n) is 12.1. The Bertz CT molecular complexity index is 343. The lowest BCUT2D eigenvalue weighted by atomic mass is 9.78. The maximum atomic E-state index is 12.2. The Kier molecular flexibility index (Phi) is 6.08. The van der Waals surface area contributed by atoms with E-state index in [1.165, 1.54) is 6.42 Å². The second-order valence-corrected chi connectivity index (χ2v) is 7.79. The van der Waals surface area contributed by atoms with E-state index >= 15 is 0 Å². The van der Waals surface area contributed by atoms with Crippen LogP contribution in [0.4, 0.5) is 0 Å². The predicted octanol–water partition coefficient (Wildman–Crippen LogP) is 1.73. The molecule has 2 N–H and O–H groups in total. The monoisotopic (exact) mass is 276 g/mol. The Labute approximate surface area is 112 Å². The molecule has 0 bridgehead atoms. The van der Waals surface area contributed by atoms with Crippen molar-refractivity contribution in [3.63, 3.8) is 0 Å². The van der Waals surface area contributed by atoms with E-state index in [9.17, 15) is 8.42 Å². The molecule has 1 aliphatic rings. The van der Waals surface area contributed by atoms with Crippen molar-refractivity contribution >= 4 is 10.0 Å². The first-order valence-electron chi connectivity index (χ1n) is 7.10. The van der Waals surface area contributed by atoms with E-state index in [1.807, 2.05) is 6.92 Å². The van der Waals surface area contributed by atoms with Crippen LogP contribution in [0.2, 0.25) is 0 Å². The minimum atomic E-state index is -3.20. The fourth-order valence-electron chi connectivity index (χ4n) is 2.53. The largest absolute Gasteiger partial charge is 0.316 e. The SMILES string of the molecule is CCNCC(C)S(=O)(=O)NC1CCCC(C)C1C. The third-order valence-electron chi connectivity index (χ3n) is 4.23. The molecular weight excluding hydrogens is 248 g/mol. The summed E-state index contributed by atoms with van der Waals surface area (Å²) in [6, 6.07) is 0.114. The molecule has 0 aliphatic heterocycles. The van der Waals surface area contributed by atoms with Gasteiger partial charge in [-0.2, -0.15) is 0 Å². The number of hydrogen-bond acceptors (Lipinski definition) is 3. The number of sulfonamides is 1. The van der Waals surface area contributed by atoms with Crippen molar-refractivity contribution in [3.05, 3.63) is 0 Å². The van der Waals surface area contributed by atoms with Crippen LogP contribution in [0.1, 0.15) is 47.0 Å². The van der Waals surface area contributed by atoms with Crippen LogP contribution < -0.4 is 10.0 Å². The summed E-state index contributed by atoms with van der Waals surface area (Å²) >= 11 is 0. The molecule has 1 rings (SSSR count). The molecule has 1 fully saturated rings. The van der Waals surface area contributed by atoms with Gasteiger partial charge in [0, 0.05) is 12.6 Å². The number of rotatable bonds is 6. The summed E-state index contributed by atoms with van der Waals surface area (Å²) in [4.78, 5) is 0. The van der Waals surface area contributed by atoms with Gasteiger partial charge in [0.1, 0.15) is 0 Å². The highest BCUT2D eigenvalue weighted by atomic mass is 32.2. The van der Waals surface area contributed by atoms with E-state index in [2.05, 4.69) is 23.9 Å². The molecule has 0 aromatic carbocycles. The molecule has 4 nitrogen and oxygen atoms in total. The van der Waals surface area contributed by atoms with Crippen molar-refractivity contribution in [1.29, 1.82) is 0 Å². The summed E-state index contributed by atoms with van der Waals surface area (Å²) in [7, 11) is -3.20. The van der Waals surface area contributed by atoms with Gasteiger partial charge in [-0.3, -0.25) is 0 Å². The first kappa shape index (κ1) is 15.9. The van der Waals surface area contributed by atoms with Gasteiger partial charge in [0.2, 0.25) is 10.0 Å². The third-order valence-corrected chi connectivity index (χ3v) is 6.09. The van der Waals surface area contributed by atoms with Crippen LogP contribution in [-0.2, 0) is 10.0 Å². The molecule has 4 unspecified atom stereocenters. The van der Waals surface area contributed by atoms with Crippen LogP contribution in [0, 0.1) is 11.8 Å². The topological polar surface area (TPSA) is 58.2 Å². The molecule has 0 spiro atoms. The van der Waals surface area contributed by atoms with Crippen molar-refractivity contribution in [2.45, 2.75) is 58.2 Å². The van der Waals surface area contributed by atoms with Crippen LogP contribution in [0.5, 0.6) is 0 Å². The Balaban J connectivity index is 2.59. The summed E-state index contributed by atoms with van der Waals surface area (Å²) in [5, 5.41) is 2.72. The lowest BCUT2D eigenvalue weighted by molar-refractivity contribution is 0.226. The van der Waals surface area contributed by atoms with Crippen molar-refractivity contribution in [1.82, 2.24) is 10.0 Å². The Morgan fingerprint density at radius 1 is 1.28 bits per heavy atom. The van der Waals surface area contributed by atoms with E-state index in [4.69, 9.17) is 0 Å². The van der Waals surface area contributed by atoms with E-state index in [0.29, 0.717) is 18.4 Å². The molecule has 18 heavy (non-hydrogen) atoms. The van der Waals surface area contributed by atoms with Crippen LogP contribution in [0.15, 0.2) is 0 Å². The summed E-state index contributed by atoms with van der Waals surface area (Å²) in [5.74, 6) is 1.04. The molecule has 0 radical (unpaired) electrons. The molecule has 5 heteroatoms. The lowest BCUT2D eigenvalue weighted by Gasteiger charge is -2.35. The second kappa shape index (κ2) is 6.87. The van der Waals surface area contributed by atoms with Gasteiger partial charge in [-0.1, -0.05) is 33.6 Å². The van der Waals surface area contributed by atoms with Crippen molar-refractivity contribution < 1.29 is 8.42 Å². The number of hydrogen-bond donors (Lipinski definition) is 2. The molecule has 0 heterocycles. The van der Waals surface area contributed by atoms with E-state index in [1.54, 1.807) is 6.92 Å². The summed E-state index contributed by atoms with van der Waals surface area (Å²) < 4.78 is 27.3. The lowest BCUT2D eigenvalue weighted by Crippen LogP contribution is -2.48. The standard InChI is InChI=1S/C13H28N2O2S/c1-5-14-9-11(3)18(16,17)15-13-8-6-7-10(2)12(13)4/h10-15H,5-9H2,1-4H3. The van der Waals surface area contributed by atoms with Gasteiger partial charge in [-0.05, 0) is 31.7 Å². The molecule has 0 aromatic heterocycles. The van der Waals surface area contributed by atoms with Crippen molar-refractivity contribution in [2.75, 3.05) is 13.1 Å². The minimum absolute atomic E-state index is 0.114. The van der Waals surface area contributed by atoms with Crippen molar-refractivity contribution in [3.8, 4) is 0 Å². The first-order valence-corrected chi connectivity index (χ1v) is 8.65. The molecule has 0 saturated heterocycles. The van der Waals surface area contributed by atoms with E-state index in [-0.39, 0.29) is 11.3 Å². The predicted molar refractivity (Wildman–Crippen MR) is 76.0 cm³/mol. The van der Waals surface area contributed by atoms with E-state index < -0.39 is 10.0 Å². The van der Waals surface area contributed by atoms with Crippen LogP contribution in [-0.4, -0.2) is 32.8 Å². The summed E-state index contributed by atoms with van der Waals surface area (Å²) in [6.07, 6.45) is 3.31. The molecular formula is C13H28N2O2S. The molecule has 108 valence electrons.